The monoisotopic (exact) mass is 368 g/mol. The Kier molecular flexibility index (Phi) is 5.46. The van der Waals surface area contributed by atoms with Crippen LogP contribution in [0.15, 0.2) is 53.1 Å². The van der Waals surface area contributed by atoms with Crippen LogP contribution in [0.3, 0.4) is 0 Å². The number of carbonyl (C=O) groups excluding carboxylic acids is 3. The zero-order valence-electron chi connectivity index (χ0n) is 14.4. The van der Waals surface area contributed by atoms with Gasteiger partial charge in [0.15, 0.2) is 12.2 Å². The van der Waals surface area contributed by atoms with Gasteiger partial charge in [0, 0.05) is 5.39 Å². The van der Waals surface area contributed by atoms with E-state index in [9.17, 15) is 14.4 Å². The third kappa shape index (κ3) is 4.30. The van der Waals surface area contributed by atoms with Crippen LogP contribution >= 0.6 is 0 Å². The van der Waals surface area contributed by atoms with E-state index in [1.54, 1.807) is 42.5 Å². The first kappa shape index (κ1) is 18.1. The summed E-state index contributed by atoms with van der Waals surface area (Å²) < 4.78 is 14.8. The van der Waals surface area contributed by atoms with Crippen LogP contribution in [0.4, 0.5) is 5.69 Å². The molecule has 8 heteroatoms. The van der Waals surface area contributed by atoms with Crippen LogP contribution in [0.2, 0.25) is 0 Å². The predicted molar refractivity (Wildman–Crippen MR) is 95.1 cm³/mol. The Morgan fingerprint density at radius 2 is 1.81 bits per heavy atom. The second-order valence-electron chi connectivity index (χ2n) is 5.55. The number of ether oxygens (including phenoxy) is 2. The molecule has 0 aliphatic heterocycles. The van der Waals surface area contributed by atoms with Crippen LogP contribution in [-0.4, -0.2) is 36.7 Å². The van der Waals surface area contributed by atoms with Crippen molar-refractivity contribution < 1.29 is 28.4 Å². The molecule has 0 aliphatic rings. The number of fused-ring (bicyclic) bond motifs is 1. The number of rotatable bonds is 6. The third-order valence-corrected chi connectivity index (χ3v) is 3.73. The van der Waals surface area contributed by atoms with Crippen molar-refractivity contribution in [2.45, 2.75) is 6.42 Å². The van der Waals surface area contributed by atoms with E-state index in [4.69, 9.17) is 9.26 Å². The first-order valence-electron chi connectivity index (χ1n) is 8.04. The molecule has 27 heavy (non-hydrogen) atoms. The number of hydrogen-bond donors (Lipinski definition) is 1. The summed E-state index contributed by atoms with van der Waals surface area (Å²) in [5, 5.41) is 7.08. The highest BCUT2D eigenvalue weighted by atomic mass is 16.5. The Bertz CT molecular complexity index is 995. The highest BCUT2D eigenvalue weighted by Crippen LogP contribution is 2.18. The largest absolute Gasteiger partial charge is 0.465 e. The van der Waals surface area contributed by atoms with E-state index < -0.39 is 24.5 Å². The van der Waals surface area contributed by atoms with Crippen molar-refractivity contribution in [3.63, 3.8) is 0 Å². The molecule has 0 unspecified atom stereocenters. The maximum absolute atomic E-state index is 12.0. The van der Waals surface area contributed by atoms with Crippen molar-refractivity contribution in [2.75, 3.05) is 19.0 Å². The maximum atomic E-state index is 12.0. The molecule has 8 nitrogen and oxygen atoms in total. The average Bonchev–Trinajstić information content (AvgIpc) is 3.09. The van der Waals surface area contributed by atoms with Crippen LogP contribution < -0.4 is 5.32 Å². The van der Waals surface area contributed by atoms with Gasteiger partial charge in [-0.2, -0.15) is 0 Å². The van der Waals surface area contributed by atoms with Gasteiger partial charge in [0.2, 0.25) is 0 Å². The van der Waals surface area contributed by atoms with E-state index in [0.717, 1.165) is 0 Å². The molecule has 0 radical (unpaired) electrons. The first-order valence-corrected chi connectivity index (χ1v) is 8.04. The van der Waals surface area contributed by atoms with E-state index in [2.05, 4.69) is 15.2 Å². The van der Waals surface area contributed by atoms with Crippen LogP contribution in [-0.2, 0) is 25.5 Å². The van der Waals surface area contributed by atoms with Gasteiger partial charge >= 0.3 is 11.9 Å². The number of nitrogens with one attached hydrogen (secondary N) is 1. The normalized spacial score (nSPS) is 10.4. The fraction of sp³-hybridized carbons (Fsp3) is 0.158. The number of para-hydroxylation sites is 2. The first-order chi connectivity index (χ1) is 13.1. The molecule has 3 rings (SSSR count). The second-order valence-corrected chi connectivity index (χ2v) is 5.55. The highest BCUT2D eigenvalue weighted by molar-refractivity contribution is 6.01. The van der Waals surface area contributed by atoms with E-state index in [1.807, 2.05) is 0 Å². The second kappa shape index (κ2) is 8.13. The number of esters is 2. The van der Waals surface area contributed by atoms with Gasteiger partial charge in [-0.1, -0.05) is 29.4 Å². The summed E-state index contributed by atoms with van der Waals surface area (Å²) >= 11 is 0. The summed E-state index contributed by atoms with van der Waals surface area (Å²) in [5.74, 6) is -1.78. The fourth-order valence-corrected chi connectivity index (χ4v) is 2.47. The molecule has 138 valence electrons. The standard InChI is InChI=1S/C19H16N2O6/c1-25-19(24)13-7-2-4-8-14(13)20-17(22)11-26-18(23)10-15-12-6-3-5-9-16(12)27-21-15/h2-9H,10-11H2,1H3,(H,20,22). The number of methoxy groups -OCH3 is 1. The Labute approximate surface area is 154 Å². The van der Waals surface area contributed by atoms with Crippen molar-refractivity contribution >= 4 is 34.5 Å². The molecule has 1 amide bonds. The molecule has 1 heterocycles. The summed E-state index contributed by atoms with van der Waals surface area (Å²) in [5.41, 5.74) is 1.48. The molecule has 0 bridgehead atoms. The fourth-order valence-electron chi connectivity index (χ4n) is 2.47. The lowest BCUT2D eigenvalue weighted by atomic mass is 10.2. The quantitative estimate of drug-likeness (QED) is 0.665. The van der Waals surface area contributed by atoms with Gasteiger partial charge in [-0.15, -0.1) is 0 Å². The molecule has 0 fully saturated rings. The van der Waals surface area contributed by atoms with Gasteiger partial charge in [-0.25, -0.2) is 4.79 Å². The number of hydrogen-bond acceptors (Lipinski definition) is 7. The molecule has 0 saturated heterocycles. The minimum atomic E-state index is -0.620. The van der Waals surface area contributed by atoms with Gasteiger partial charge < -0.3 is 19.3 Å². The molecule has 1 aromatic heterocycles. The van der Waals surface area contributed by atoms with Gasteiger partial charge in [0.05, 0.1) is 24.8 Å². The number of aromatic nitrogens is 1. The molecule has 0 aliphatic carbocycles. The van der Waals surface area contributed by atoms with Crippen LogP contribution in [0.5, 0.6) is 0 Å². The van der Waals surface area contributed by atoms with Crippen molar-refractivity contribution in [3.05, 3.63) is 59.8 Å². The average molecular weight is 368 g/mol. The Morgan fingerprint density at radius 1 is 1.07 bits per heavy atom. The van der Waals surface area contributed by atoms with Crippen molar-refractivity contribution in [2.24, 2.45) is 0 Å². The van der Waals surface area contributed by atoms with Gasteiger partial charge in [0.25, 0.3) is 5.91 Å². The highest BCUT2D eigenvalue weighted by Gasteiger charge is 2.16. The number of benzene rings is 2. The zero-order chi connectivity index (χ0) is 19.2. The summed E-state index contributed by atoms with van der Waals surface area (Å²) in [7, 11) is 1.25. The number of amides is 1. The molecule has 2 aromatic carbocycles. The number of nitrogens with zero attached hydrogens (tertiary/aromatic N) is 1. The number of anilines is 1. The zero-order valence-corrected chi connectivity index (χ0v) is 14.4. The van der Waals surface area contributed by atoms with Gasteiger partial charge in [0.1, 0.15) is 5.69 Å². The molecule has 0 spiro atoms. The number of carbonyl (C=O) groups is 3. The summed E-state index contributed by atoms with van der Waals surface area (Å²) in [4.78, 5) is 35.7. The lowest BCUT2D eigenvalue weighted by Crippen LogP contribution is -2.23. The maximum Gasteiger partial charge on any atom is 0.339 e. The van der Waals surface area contributed by atoms with E-state index in [0.29, 0.717) is 16.7 Å². The summed E-state index contributed by atoms with van der Waals surface area (Å²) in [6, 6.07) is 13.5. The van der Waals surface area contributed by atoms with Crippen molar-refractivity contribution in [3.8, 4) is 0 Å². The minimum absolute atomic E-state index is 0.122. The Morgan fingerprint density at radius 3 is 2.63 bits per heavy atom. The topological polar surface area (TPSA) is 108 Å². The van der Waals surface area contributed by atoms with Gasteiger partial charge in [-0.3, -0.25) is 9.59 Å². The van der Waals surface area contributed by atoms with Crippen molar-refractivity contribution in [1.82, 2.24) is 5.16 Å². The van der Waals surface area contributed by atoms with E-state index in [-0.39, 0.29) is 17.7 Å². The Hall–Kier alpha value is -3.68. The molecule has 0 atom stereocenters. The Balaban J connectivity index is 1.56. The SMILES string of the molecule is COC(=O)c1ccccc1NC(=O)COC(=O)Cc1noc2ccccc12. The third-order valence-electron chi connectivity index (χ3n) is 3.73. The van der Waals surface area contributed by atoms with E-state index >= 15 is 0 Å². The van der Waals surface area contributed by atoms with Crippen LogP contribution in [0.25, 0.3) is 11.0 Å². The lowest BCUT2D eigenvalue weighted by Gasteiger charge is -2.09. The molecule has 3 aromatic rings. The van der Waals surface area contributed by atoms with Crippen LogP contribution in [0.1, 0.15) is 16.1 Å². The molecular formula is C19H16N2O6. The molecule has 1 N–H and O–H groups in total. The molecule has 0 saturated carbocycles. The summed E-state index contributed by atoms with van der Waals surface area (Å²) in [6.07, 6.45) is -0.122. The van der Waals surface area contributed by atoms with E-state index in [1.165, 1.54) is 13.2 Å². The molecular weight excluding hydrogens is 352 g/mol. The lowest BCUT2D eigenvalue weighted by molar-refractivity contribution is -0.146. The van der Waals surface area contributed by atoms with Crippen LogP contribution in [0, 0.1) is 0 Å². The van der Waals surface area contributed by atoms with Crippen molar-refractivity contribution in [1.29, 1.82) is 0 Å². The van der Waals surface area contributed by atoms with Gasteiger partial charge in [-0.05, 0) is 24.3 Å². The minimum Gasteiger partial charge on any atom is -0.465 e. The smallest absolute Gasteiger partial charge is 0.339 e. The predicted octanol–water partition coefficient (Wildman–Crippen LogP) is 2.34. The summed E-state index contributed by atoms with van der Waals surface area (Å²) in [6.45, 7) is -0.496.